The molecule has 7 rings (SSSR count). The summed E-state index contributed by atoms with van der Waals surface area (Å²) in [6.07, 6.45) is 1.80. The first-order valence-electron chi connectivity index (χ1n) is 11.8. The summed E-state index contributed by atoms with van der Waals surface area (Å²) in [6, 6.07) is 36.0. The van der Waals surface area contributed by atoms with Crippen LogP contribution in [0, 0.1) is 0 Å². The number of phenolic OH excluding ortho intramolecular Hbond substituents is 1. The Kier molecular flexibility index (Phi) is 4.54. The highest BCUT2D eigenvalue weighted by Gasteiger charge is 2.21. The second kappa shape index (κ2) is 8.03. The van der Waals surface area contributed by atoms with Gasteiger partial charge in [0.15, 0.2) is 0 Å². The predicted molar refractivity (Wildman–Crippen MR) is 144 cm³/mol. The van der Waals surface area contributed by atoms with Crippen molar-refractivity contribution in [3.63, 3.8) is 0 Å². The number of hydrogen-bond donors (Lipinski definition) is 1. The van der Waals surface area contributed by atoms with Gasteiger partial charge in [0.25, 0.3) is 0 Å². The maximum absolute atomic E-state index is 10.9. The van der Waals surface area contributed by atoms with Crippen LogP contribution in [0.1, 0.15) is 0 Å². The number of fused-ring (bicyclic) bond motifs is 4. The number of nitrogens with zero attached hydrogens (tertiary/aromatic N) is 4. The minimum absolute atomic E-state index is 0.133. The summed E-state index contributed by atoms with van der Waals surface area (Å²) in [4.78, 5) is 14.6. The van der Waals surface area contributed by atoms with Gasteiger partial charge in [-0.25, -0.2) is 9.97 Å². The number of aromatic nitrogens is 4. The van der Waals surface area contributed by atoms with Crippen molar-refractivity contribution in [3.8, 4) is 34.1 Å². The lowest BCUT2D eigenvalue weighted by Crippen LogP contribution is -1.99. The average Bonchev–Trinajstić information content (AvgIpc) is 3.36. The molecule has 0 bridgehead atoms. The SMILES string of the molecule is Oc1ccc(-c2ccc3ccc4cccnc4c3n2)c2c1nc(-c1ccccc1)n2-c1ccccc1. The number of aromatic hydroxyl groups is 1. The van der Waals surface area contributed by atoms with E-state index in [0.717, 1.165) is 55.7 Å². The Morgan fingerprint density at radius 2 is 1.31 bits per heavy atom. The third-order valence-corrected chi connectivity index (χ3v) is 6.54. The molecule has 5 nitrogen and oxygen atoms in total. The summed E-state index contributed by atoms with van der Waals surface area (Å²) in [7, 11) is 0. The molecule has 0 aliphatic rings. The molecule has 0 radical (unpaired) electrons. The molecule has 0 spiro atoms. The molecule has 170 valence electrons. The minimum Gasteiger partial charge on any atom is -0.506 e. The van der Waals surface area contributed by atoms with Gasteiger partial charge in [0.05, 0.1) is 22.2 Å². The van der Waals surface area contributed by atoms with Crippen molar-refractivity contribution in [2.24, 2.45) is 0 Å². The van der Waals surface area contributed by atoms with Gasteiger partial charge < -0.3 is 5.11 Å². The van der Waals surface area contributed by atoms with E-state index in [2.05, 4.69) is 27.8 Å². The zero-order chi connectivity index (χ0) is 24.1. The molecule has 0 atom stereocenters. The van der Waals surface area contributed by atoms with Gasteiger partial charge in [-0.2, -0.15) is 0 Å². The Morgan fingerprint density at radius 3 is 2.11 bits per heavy atom. The van der Waals surface area contributed by atoms with Gasteiger partial charge in [0.1, 0.15) is 17.1 Å². The molecular weight excluding hydrogens is 444 g/mol. The zero-order valence-corrected chi connectivity index (χ0v) is 19.2. The predicted octanol–water partition coefficient (Wildman–Crippen LogP) is 7.16. The maximum Gasteiger partial charge on any atom is 0.145 e. The molecule has 0 aliphatic heterocycles. The molecule has 3 heterocycles. The number of imidazole rings is 1. The van der Waals surface area contributed by atoms with Crippen LogP contribution in [-0.4, -0.2) is 24.6 Å². The fourth-order valence-electron chi connectivity index (χ4n) is 4.86. The van der Waals surface area contributed by atoms with Gasteiger partial charge in [0, 0.05) is 33.8 Å². The summed E-state index contributed by atoms with van der Waals surface area (Å²) < 4.78 is 2.10. The molecule has 5 heteroatoms. The van der Waals surface area contributed by atoms with Gasteiger partial charge in [0.2, 0.25) is 0 Å². The lowest BCUT2D eigenvalue weighted by molar-refractivity contribution is 0.480. The monoisotopic (exact) mass is 464 g/mol. The van der Waals surface area contributed by atoms with Gasteiger partial charge >= 0.3 is 0 Å². The van der Waals surface area contributed by atoms with Gasteiger partial charge in [-0.3, -0.25) is 9.55 Å². The van der Waals surface area contributed by atoms with E-state index in [1.165, 1.54) is 0 Å². The van der Waals surface area contributed by atoms with E-state index in [1.54, 1.807) is 12.3 Å². The van der Waals surface area contributed by atoms with Crippen LogP contribution in [0.25, 0.3) is 61.2 Å². The quantitative estimate of drug-likeness (QED) is 0.282. The van der Waals surface area contributed by atoms with Gasteiger partial charge in [-0.1, -0.05) is 72.8 Å². The van der Waals surface area contributed by atoms with Crippen LogP contribution >= 0.6 is 0 Å². The first-order chi connectivity index (χ1) is 17.8. The summed E-state index contributed by atoms with van der Waals surface area (Å²) in [6.45, 7) is 0. The number of rotatable bonds is 3. The average molecular weight is 465 g/mol. The largest absolute Gasteiger partial charge is 0.506 e. The Hall–Kier alpha value is -5.03. The molecule has 7 aromatic rings. The minimum atomic E-state index is 0.133. The molecule has 0 aliphatic carbocycles. The summed E-state index contributed by atoms with van der Waals surface area (Å²) >= 11 is 0. The van der Waals surface area contributed by atoms with Crippen LogP contribution < -0.4 is 0 Å². The Morgan fingerprint density at radius 1 is 0.583 bits per heavy atom. The molecule has 1 N–H and O–H groups in total. The van der Waals surface area contributed by atoms with Crippen LogP contribution in [0.5, 0.6) is 5.75 Å². The zero-order valence-electron chi connectivity index (χ0n) is 19.2. The topological polar surface area (TPSA) is 63.8 Å². The molecule has 0 fully saturated rings. The third kappa shape index (κ3) is 3.14. The highest BCUT2D eigenvalue weighted by Crippen LogP contribution is 2.39. The van der Waals surface area contributed by atoms with Crippen molar-refractivity contribution >= 4 is 32.8 Å². The Bertz CT molecular complexity index is 1890. The van der Waals surface area contributed by atoms with Crippen molar-refractivity contribution in [3.05, 3.63) is 115 Å². The van der Waals surface area contributed by atoms with E-state index >= 15 is 0 Å². The van der Waals surface area contributed by atoms with Gasteiger partial charge in [-0.05, 0) is 36.4 Å². The van der Waals surface area contributed by atoms with Gasteiger partial charge in [-0.15, -0.1) is 0 Å². The molecule has 3 aromatic heterocycles. The summed E-state index contributed by atoms with van der Waals surface area (Å²) in [5.74, 6) is 0.890. The molecule has 36 heavy (non-hydrogen) atoms. The number of para-hydroxylation sites is 1. The van der Waals surface area contributed by atoms with E-state index in [4.69, 9.17) is 9.97 Å². The van der Waals surface area contributed by atoms with Crippen molar-refractivity contribution < 1.29 is 5.11 Å². The molecule has 0 amide bonds. The number of benzene rings is 4. The number of hydrogen-bond acceptors (Lipinski definition) is 4. The van der Waals surface area contributed by atoms with E-state index in [1.807, 2.05) is 84.9 Å². The highest BCUT2D eigenvalue weighted by atomic mass is 16.3. The lowest BCUT2D eigenvalue weighted by atomic mass is 10.1. The normalized spacial score (nSPS) is 11.4. The molecule has 4 aromatic carbocycles. The molecule has 0 saturated carbocycles. The Labute approximate surface area is 207 Å². The van der Waals surface area contributed by atoms with Crippen LogP contribution in [0.15, 0.2) is 115 Å². The first kappa shape index (κ1) is 20.4. The molecular formula is C31H20N4O. The second-order valence-electron chi connectivity index (χ2n) is 8.71. The number of pyridine rings is 2. The fraction of sp³-hybridized carbons (Fsp3) is 0. The van der Waals surface area contributed by atoms with E-state index in [0.29, 0.717) is 5.52 Å². The van der Waals surface area contributed by atoms with Crippen LogP contribution in [0.2, 0.25) is 0 Å². The lowest BCUT2D eigenvalue weighted by Gasteiger charge is -2.13. The van der Waals surface area contributed by atoms with Crippen molar-refractivity contribution in [1.29, 1.82) is 0 Å². The van der Waals surface area contributed by atoms with Crippen LogP contribution in [0.3, 0.4) is 0 Å². The Balaban J connectivity index is 1.58. The highest BCUT2D eigenvalue weighted by molar-refractivity contribution is 6.05. The smallest absolute Gasteiger partial charge is 0.145 e. The van der Waals surface area contributed by atoms with Crippen LogP contribution in [-0.2, 0) is 0 Å². The summed E-state index contributed by atoms with van der Waals surface area (Å²) in [5, 5.41) is 13.0. The number of phenols is 1. The van der Waals surface area contributed by atoms with Crippen molar-refractivity contribution in [2.45, 2.75) is 0 Å². The maximum atomic E-state index is 10.9. The summed E-state index contributed by atoms with van der Waals surface area (Å²) in [5.41, 5.74) is 6.66. The second-order valence-corrected chi connectivity index (χ2v) is 8.71. The molecule has 0 saturated heterocycles. The first-order valence-corrected chi connectivity index (χ1v) is 11.8. The third-order valence-electron chi connectivity index (χ3n) is 6.54. The fourth-order valence-corrected chi connectivity index (χ4v) is 4.86. The van der Waals surface area contributed by atoms with E-state index in [-0.39, 0.29) is 5.75 Å². The van der Waals surface area contributed by atoms with Crippen molar-refractivity contribution in [2.75, 3.05) is 0 Å². The van der Waals surface area contributed by atoms with E-state index in [9.17, 15) is 5.11 Å². The molecule has 0 unspecified atom stereocenters. The van der Waals surface area contributed by atoms with Crippen molar-refractivity contribution in [1.82, 2.24) is 19.5 Å². The van der Waals surface area contributed by atoms with E-state index < -0.39 is 0 Å². The van der Waals surface area contributed by atoms with Crippen LogP contribution in [0.4, 0.5) is 0 Å². The standard InChI is InChI=1S/C31H20N4O/c36-26-18-16-24(25-17-15-21-14-13-20-10-7-19-32-27(20)28(21)33-25)30-29(26)34-31(22-8-3-1-4-9-22)35(30)23-11-5-2-6-12-23/h1-19,36H.